The Labute approximate surface area is 164 Å². The molecule has 1 aromatic carbocycles. The Kier molecular flexibility index (Phi) is 7.04. The third kappa shape index (κ3) is 4.20. The molecule has 1 aliphatic rings. The van der Waals surface area contributed by atoms with Crippen molar-refractivity contribution in [2.45, 2.75) is 30.7 Å². The van der Waals surface area contributed by atoms with E-state index < -0.39 is 10.0 Å². The number of benzene rings is 1. The van der Waals surface area contributed by atoms with Gasteiger partial charge in [0.1, 0.15) is 4.88 Å². The van der Waals surface area contributed by atoms with Crippen LogP contribution in [0.4, 0.5) is 0 Å². The summed E-state index contributed by atoms with van der Waals surface area (Å²) in [5, 5.41) is 3.95. The molecule has 1 aliphatic heterocycles. The lowest BCUT2D eigenvalue weighted by molar-refractivity contribution is 0.0532. The maximum absolute atomic E-state index is 12.9. The summed E-state index contributed by atoms with van der Waals surface area (Å²) in [4.78, 5) is 12.6. The van der Waals surface area contributed by atoms with E-state index in [2.05, 4.69) is 5.32 Å². The van der Waals surface area contributed by atoms with E-state index in [1.54, 1.807) is 35.5 Å². The average molecular weight is 419 g/mol. The highest BCUT2D eigenvalue weighted by molar-refractivity contribution is 7.89. The fourth-order valence-corrected chi connectivity index (χ4v) is 5.46. The first-order valence-corrected chi connectivity index (χ1v) is 10.6. The van der Waals surface area contributed by atoms with Gasteiger partial charge < -0.3 is 10.1 Å². The Morgan fingerprint density at radius 2 is 2.00 bits per heavy atom. The number of carbonyl (C=O) groups excluding carboxylic acids is 1. The fraction of sp³-hybridized carbons (Fsp3) is 0.471. The van der Waals surface area contributed by atoms with Crippen molar-refractivity contribution >= 4 is 49.8 Å². The molecule has 26 heavy (non-hydrogen) atoms. The van der Waals surface area contributed by atoms with Crippen molar-refractivity contribution in [1.29, 1.82) is 0 Å². The van der Waals surface area contributed by atoms with Gasteiger partial charge in [-0.2, -0.15) is 4.31 Å². The van der Waals surface area contributed by atoms with Gasteiger partial charge in [0.15, 0.2) is 0 Å². The maximum atomic E-state index is 12.9. The first-order valence-electron chi connectivity index (χ1n) is 8.34. The number of ether oxygens (including phenoxy) is 1. The minimum Gasteiger partial charge on any atom is -0.462 e. The van der Waals surface area contributed by atoms with Crippen LogP contribution >= 0.6 is 23.7 Å². The predicted molar refractivity (Wildman–Crippen MR) is 106 cm³/mol. The first-order chi connectivity index (χ1) is 12.0. The third-order valence-corrected chi connectivity index (χ3v) is 7.46. The summed E-state index contributed by atoms with van der Waals surface area (Å²) < 4.78 is 33.2. The number of sulfonamides is 1. The van der Waals surface area contributed by atoms with Crippen LogP contribution in [0.3, 0.4) is 0 Å². The highest BCUT2D eigenvalue weighted by atomic mass is 35.5. The van der Waals surface area contributed by atoms with Gasteiger partial charge in [0.05, 0.1) is 11.5 Å². The monoisotopic (exact) mass is 418 g/mol. The number of esters is 1. The van der Waals surface area contributed by atoms with Crippen molar-refractivity contribution in [2.24, 2.45) is 0 Å². The predicted octanol–water partition coefficient (Wildman–Crippen LogP) is 2.87. The molecule has 0 amide bonds. The van der Waals surface area contributed by atoms with Crippen LogP contribution in [0, 0.1) is 0 Å². The molecule has 6 nitrogen and oxygen atoms in total. The summed E-state index contributed by atoms with van der Waals surface area (Å²) in [5.41, 5.74) is 0. The molecular formula is C17H23ClN2O4S2. The van der Waals surface area contributed by atoms with Crippen molar-refractivity contribution in [2.75, 3.05) is 26.7 Å². The Morgan fingerprint density at radius 1 is 1.31 bits per heavy atom. The number of hydrogen-bond acceptors (Lipinski definition) is 6. The normalized spacial score (nSPS) is 16.4. The van der Waals surface area contributed by atoms with E-state index >= 15 is 0 Å². The lowest BCUT2D eigenvalue weighted by atomic mass is 10.1. The van der Waals surface area contributed by atoms with Gasteiger partial charge in [-0.1, -0.05) is 0 Å². The minimum absolute atomic E-state index is 0. The number of fused-ring (bicyclic) bond motifs is 1. The molecule has 0 saturated carbocycles. The van der Waals surface area contributed by atoms with Crippen LogP contribution < -0.4 is 5.32 Å². The molecule has 9 heteroatoms. The van der Waals surface area contributed by atoms with Crippen molar-refractivity contribution in [3.8, 4) is 0 Å². The fourth-order valence-electron chi connectivity index (χ4n) is 3.02. The number of carbonyl (C=O) groups is 1. The quantitative estimate of drug-likeness (QED) is 0.755. The van der Waals surface area contributed by atoms with Crippen molar-refractivity contribution < 1.29 is 17.9 Å². The van der Waals surface area contributed by atoms with Crippen LogP contribution in [0.25, 0.3) is 10.1 Å². The van der Waals surface area contributed by atoms with Crippen LogP contribution in [-0.2, 0) is 14.8 Å². The smallest absolute Gasteiger partial charge is 0.348 e. The number of nitrogens with one attached hydrogen (secondary N) is 1. The highest BCUT2D eigenvalue weighted by Crippen LogP contribution is 2.30. The van der Waals surface area contributed by atoms with E-state index in [1.165, 1.54) is 11.3 Å². The Bertz CT molecular complexity index is 874. The molecule has 1 saturated heterocycles. The number of nitrogens with zero attached hydrogens (tertiary/aromatic N) is 1. The maximum Gasteiger partial charge on any atom is 0.348 e. The average Bonchev–Trinajstić information content (AvgIpc) is 3.05. The molecule has 1 fully saturated rings. The summed E-state index contributed by atoms with van der Waals surface area (Å²) >= 11 is 1.31. The van der Waals surface area contributed by atoms with Crippen LogP contribution in [-0.4, -0.2) is 51.5 Å². The molecule has 0 spiro atoms. The van der Waals surface area contributed by atoms with Gasteiger partial charge >= 0.3 is 5.97 Å². The Morgan fingerprint density at radius 3 is 2.62 bits per heavy atom. The van der Waals surface area contributed by atoms with Crippen LogP contribution in [0.2, 0.25) is 0 Å². The van der Waals surface area contributed by atoms with E-state index in [4.69, 9.17) is 4.74 Å². The molecule has 3 rings (SSSR count). The van der Waals surface area contributed by atoms with Gasteiger partial charge in [-0.15, -0.1) is 23.7 Å². The lowest BCUT2D eigenvalue weighted by Crippen LogP contribution is -2.43. The van der Waals surface area contributed by atoms with Gasteiger partial charge in [0.25, 0.3) is 0 Å². The molecule has 1 aromatic heterocycles. The lowest BCUT2D eigenvalue weighted by Gasteiger charge is -2.31. The summed E-state index contributed by atoms with van der Waals surface area (Å²) in [7, 11) is -1.61. The zero-order valence-corrected chi connectivity index (χ0v) is 17.2. The Balaban J connectivity index is 0.00000243. The molecule has 1 N–H and O–H groups in total. The van der Waals surface area contributed by atoms with Gasteiger partial charge in [-0.05, 0) is 56.5 Å². The van der Waals surface area contributed by atoms with E-state index in [-0.39, 0.29) is 23.3 Å². The molecule has 0 unspecified atom stereocenters. The van der Waals surface area contributed by atoms with Gasteiger partial charge in [0.2, 0.25) is 10.0 Å². The molecule has 144 valence electrons. The number of thiophene rings is 1. The van der Waals surface area contributed by atoms with Crippen LogP contribution in [0.5, 0.6) is 0 Å². The van der Waals surface area contributed by atoms with Crippen molar-refractivity contribution in [3.63, 3.8) is 0 Å². The molecule has 0 atom stereocenters. The molecule has 2 aromatic rings. The first kappa shape index (κ1) is 21.1. The summed E-state index contributed by atoms with van der Waals surface area (Å²) in [6.07, 6.45) is 1.62. The van der Waals surface area contributed by atoms with Crippen molar-refractivity contribution in [3.05, 3.63) is 29.1 Å². The summed E-state index contributed by atoms with van der Waals surface area (Å²) in [6.45, 7) is 3.11. The molecule has 2 heterocycles. The molecular weight excluding hydrogens is 396 g/mol. The Hall–Kier alpha value is -1.19. The number of hydrogen-bond donors (Lipinski definition) is 1. The highest BCUT2D eigenvalue weighted by Gasteiger charge is 2.29. The second-order valence-corrected chi connectivity index (χ2v) is 9.02. The molecule has 0 bridgehead atoms. The number of rotatable bonds is 5. The van der Waals surface area contributed by atoms with Gasteiger partial charge in [-0.25, -0.2) is 13.2 Å². The minimum atomic E-state index is -3.51. The molecule has 0 aliphatic carbocycles. The summed E-state index contributed by atoms with van der Waals surface area (Å²) in [6, 6.07) is 7.10. The number of piperidine rings is 1. The second-order valence-electron chi connectivity index (χ2n) is 6.00. The standard InChI is InChI=1S/C17H22N2O4S2.ClH/c1-3-23-17(20)16-11-12-10-14(4-5-15(12)24-16)25(21,22)19-8-6-13(18-2)7-9-19;/h4-5,10-11,13,18H,3,6-9H2,1-2H3;1H. The van der Waals surface area contributed by atoms with Gasteiger partial charge in [0, 0.05) is 23.8 Å². The summed E-state index contributed by atoms with van der Waals surface area (Å²) in [5.74, 6) is -0.373. The van der Waals surface area contributed by atoms with Gasteiger partial charge in [-0.3, -0.25) is 0 Å². The van der Waals surface area contributed by atoms with E-state index in [9.17, 15) is 13.2 Å². The molecule has 0 radical (unpaired) electrons. The largest absolute Gasteiger partial charge is 0.462 e. The topological polar surface area (TPSA) is 75.7 Å². The second kappa shape index (κ2) is 8.67. The van der Waals surface area contributed by atoms with E-state index in [1.807, 2.05) is 7.05 Å². The zero-order chi connectivity index (χ0) is 18.0. The van der Waals surface area contributed by atoms with E-state index in [0.29, 0.717) is 30.6 Å². The van der Waals surface area contributed by atoms with Crippen LogP contribution in [0.15, 0.2) is 29.2 Å². The third-order valence-electron chi connectivity index (χ3n) is 4.46. The number of halogens is 1. The zero-order valence-electron chi connectivity index (χ0n) is 14.7. The van der Waals surface area contributed by atoms with E-state index in [0.717, 1.165) is 22.9 Å². The van der Waals surface area contributed by atoms with Crippen molar-refractivity contribution in [1.82, 2.24) is 9.62 Å². The SMILES string of the molecule is CCOC(=O)c1cc2cc(S(=O)(=O)N3CCC(NC)CC3)ccc2s1.Cl. The van der Waals surface area contributed by atoms with Crippen LogP contribution in [0.1, 0.15) is 29.4 Å².